The fourth-order valence-corrected chi connectivity index (χ4v) is 4.15. The van der Waals surface area contributed by atoms with Crippen molar-refractivity contribution in [3.8, 4) is 0 Å². The topological polar surface area (TPSA) is 56.5 Å². The van der Waals surface area contributed by atoms with E-state index in [-0.39, 0.29) is 11.6 Å². The van der Waals surface area contributed by atoms with Gasteiger partial charge < -0.3 is 9.47 Å². The molecule has 3 unspecified atom stereocenters. The van der Waals surface area contributed by atoms with Crippen LogP contribution in [0.5, 0.6) is 0 Å². The Labute approximate surface area is 102 Å². The molecule has 2 rings (SSSR count). The number of hydrogen-bond acceptors (Lipinski definition) is 5. The van der Waals surface area contributed by atoms with Crippen LogP contribution in [0.4, 0.5) is 0 Å². The summed E-state index contributed by atoms with van der Waals surface area (Å²) in [5.74, 6) is 8.56. The molecule has 0 aromatic rings. The lowest BCUT2D eigenvalue weighted by atomic mass is 9.81. The molecule has 2 heterocycles. The van der Waals surface area contributed by atoms with Gasteiger partial charge in [0.15, 0.2) is 0 Å². The van der Waals surface area contributed by atoms with Crippen LogP contribution < -0.4 is 11.3 Å². The molecule has 0 aliphatic carbocycles. The predicted molar refractivity (Wildman–Crippen MR) is 66.3 cm³/mol. The molecular formula is C11H22N2O2S. The summed E-state index contributed by atoms with van der Waals surface area (Å²) in [5.41, 5.74) is 3.03. The summed E-state index contributed by atoms with van der Waals surface area (Å²) >= 11 is 2.01. The molecule has 2 saturated heterocycles. The van der Waals surface area contributed by atoms with E-state index >= 15 is 0 Å². The van der Waals surface area contributed by atoms with Gasteiger partial charge in [-0.2, -0.15) is 11.8 Å². The molecule has 1 spiro atoms. The van der Waals surface area contributed by atoms with Gasteiger partial charge in [-0.1, -0.05) is 0 Å². The number of nitrogens with one attached hydrogen (secondary N) is 1. The van der Waals surface area contributed by atoms with E-state index in [1.165, 1.54) is 12.2 Å². The summed E-state index contributed by atoms with van der Waals surface area (Å²) in [6, 6.07) is 0.261. The average molecular weight is 246 g/mol. The Morgan fingerprint density at radius 1 is 1.69 bits per heavy atom. The first-order chi connectivity index (χ1) is 7.79. The van der Waals surface area contributed by atoms with Crippen LogP contribution in [0.3, 0.4) is 0 Å². The van der Waals surface area contributed by atoms with E-state index in [1.54, 1.807) is 7.11 Å². The third kappa shape index (κ3) is 2.71. The minimum atomic E-state index is 0.135. The van der Waals surface area contributed by atoms with Crippen LogP contribution in [0, 0.1) is 5.92 Å². The number of thioether (sulfide) groups is 1. The van der Waals surface area contributed by atoms with Gasteiger partial charge in [-0.25, -0.2) is 0 Å². The van der Waals surface area contributed by atoms with Gasteiger partial charge in [0.25, 0.3) is 0 Å². The van der Waals surface area contributed by atoms with Crippen LogP contribution in [0.25, 0.3) is 0 Å². The van der Waals surface area contributed by atoms with E-state index in [9.17, 15) is 0 Å². The molecule has 94 valence electrons. The summed E-state index contributed by atoms with van der Waals surface area (Å²) in [4.78, 5) is 0. The number of hydrazine groups is 1. The van der Waals surface area contributed by atoms with E-state index in [2.05, 4.69) is 5.43 Å². The zero-order valence-electron chi connectivity index (χ0n) is 9.91. The molecule has 2 aliphatic heterocycles. The molecule has 16 heavy (non-hydrogen) atoms. The standard InChI is InChI=1S/C11H22N2O2S/c1-14-7-10(13-12)9-2-4-15-11(6-9)3-5-16-8-11/h9-10,13H,2-8,12H2,1H3. The van der Waals surface area contributed by atoms with Crippen molar-refractivity contribution in [3.05, 3.63) is 0 Å². The first-order valence-electron chi connectivity index (χ1n) is 5.96. The number of ether oxygens (including phenoxy) is 2. The van der Waals surface area contributed by atoms with Gasteiger partial charge in [0.05, 0.1) is 12.2 Å². The Morgan fingerprint density at radius 2 is 2.56 bits per heavy atom. The molecular weight excluding hydrogens is 224 g/mol. The Kier molecular flexibility index (Phi) is 4.49. The number of methoxy groups -OCH3 is 1. The molecule has 2 fully saturated rings. The number of rotatable bonds is 4. The fraction of sp³-hybridized carbons (Fsp3) is 1.00. The van der Waals surface area contributed by atoms with Crippen molar-refractivity contribution >= 4 is 11.8 Å². The van der Waals surface area contributed by atoms with Crippen LogP contribution >= 0.6 is 11.8 Å². The van der Waals surface area contributed by atoms with Crippen molar-refractivity contribution in [2.24, 2.45) is 11.8 Å². The lowest BCUT2D eigenvalue weighted by Crippen LogP contribution is -2.50. The molecule has 0 aromatic carbocycles. The second-order valence-electron chi connectivity index (χ2n) is 4.82. The molecule has 3 atom stereocenters. The lowest BCUT2D eigenvalue weighted by molar-refractivity contribution is -0.0885. The van der Waals surface area contributed by atoms with Crippen LogP contribution in [-0.2, 0) is 9.47 Å². The molecule has 3 N–H and O–H groups in total. The largest absolute Gasteiger partial charge is 0.383 e. The average Bonchev–Trinajstić information content (AvgIpc) is 2.74. The minimum Gasteiger partial charge on any atom is -0.383 e. The van der Waals surface area contributed by atoms with Crippen LogP contribution in [0.2, 0.25) is 0 Å². The van der Waals surface area contributed by atoms with E-state index in [0.29, 0.717) is 12.5 Å². The Balaban J connectivity index is 1.94. The highest BCUT2D eigenvalue weighted by Crippen LogP contribution is 2.41. The highest BCUT2D eigenvalue weighted by molar-refractivity contribution is 7.99. The Hall–Kier alpha value is 0.190. The number of nitrogens with two attached hydrogens (primary N) is 1. The van der Waals surface area contributed by atoms with E-state index in [0.717, 1.165) is 25.2 Å². The van der Waals surface area contributed by atoms with Gasteiger partial charge >= 0.3 is 0 Å². The highest BCUT2D eigenvalue weighted by Gasteiger charge is 2.42. The quantitative estimate of drug-likeness (QED) is 0.567. The van der Waals surface area contributed by atoms with Crippen LogP contribution in [0.15, 0.2) is 0 Å². The third-order valence-corrected chi connectivity index (χ3v) is 4.95. The molecule has 2 aliphatic rings. The van der Waals surface area contributed by atoms with Crippen molar-refractivity contribution in [1.29, 1.82) is 0 Å². The molecule has 0 amide bonds. The van der Waals surface area contributed by atoms with Crippen LogP contribution in [-0.4, -0.2) is 43.5 Å². The van der Waals surface area contributed by atoms with Gasteiger partial charge in [0, 0.05) is 25.5 Å². The maximum Gasteiger partial charge on any atom is 0.0783 e. The Bertz CT molecular complexity index is 222. The van der Waals surface area contributed by atoms with Gasteiger partial charge in [0.1, 0.15) is 0 Å². The normalized spacial score (nSPS) is 36.8. The van der Waals surface area contributed by atoms with Crippen LogP contribution in [0.1, 0.15) is 19.3 Å². The number of hydrogen-bond donors (Lipinski definition) is 2. The van der Waals surface area contributed by atoms with E-state index < -0.39 is 0 Å². The zero-order chi connectivity index (χ0) is 11.4. The Morgan fingerprint density at radius 3 is 3.19 bits per heavy atom. The SMILES string of the molecule is COCC(NN)C1CCOC2(CCSC2)C1. The predicted octanol–water partition coefficient (Wildman–Crippen LogP) is 0.767. The first-order valence-corrected chi connectivity index (χ1v) is 7.12. The fourth-order valence-electron chi connectivity index (χ4n) is 2.77. The van der Waals surface area contributed by atoms with Gasteiger partial charge in [0.2, 0.25) is 0 Å². The summed E-state index contributed by atoms with van der Waals surface area (Å²) in [6.45, 7) is 1.55. The maximum absolute atomic E-state index is 6.00. The molecule has 5 heteroatoms. The molecule has 0 aromatic heterocycles. The first kappa shape index (κ1) is 12.6. The summed E-state index contributed by atoms with van der Waals surface area (Å²) in [6.07, 6.45) is 3.40. The van der Waals surface area contributed by atoms with Crippen molar-refractivity contribution in [1.82, 2.24) is 5.43 Å². The summed E-state index contributed by atoms with van der Waals surface area (Å²) < 4.78 is 11.2. The summed E-state index contributed by atoms with van der Waals surface area (Å²) in [7, 11) is 1.73. The summed E-state index contributed by atoms with van der Waals surface area (Å²) in [5, 5.41) is 0. The van der Waals surface area contributed by atoms with Crippen molar-refractivity contribution < 1.29 is 9.47 Å². The minimum absolute atomic E-state index is 0.135. The van der Waals surface area contributed by atoms with Crippen molar-refractivity contribution in [2.75, 3.05) is 31.8 Å². The van der Waals surface area contributed by atoms with Crippen molar-refractivity contribution in [2.45, 2.75) is 30.9 Å². The lowest BCUT2D eigenvalue weighted by Gasteiger charge is -2.40. The molecule has 0 bridgehead atoms. The molecule has 0 radical (unpaired) electrons. The second kappa shape index (κ2) is 5.69. The van der Waals surface area contributed by atoms with Gasteiger partial charge in [-0.15, -0.1) is 0 Å². The maximum atomic E-state index is 6.00. The van der Waals surface area contributed by atoms with E-state index in [4.69, 9.17) is 15.3 Å². The third-order valence-electron chi connectivity index (χ3n) is 3.73. The van der Waals surface area contributed by atoms with E-state index in [1.807, 2.05) is 11.8 Å². The van der Waals surface area contributed by atoms with Crippen molar-refractivity contribution in [3.63, 3.8) is 0 Å². The zero-order valence-corrected chi connectivity index (χ0v) is 10.7. The molecule has 4 nitrogen and oxygen atoms in total. The molecule has 0 saturated carbocycles. The second-order valence-corrected chi connectivity index (χ2v) is 5.92. The van der Waals surface area contributed by atoms with Gasteiger partial charge in [-0.05, 0) is 30.9 Å². The van der Waals surface area contributed by atoms with Gasteiger partial charge in [-0.3, -0.25) is 11.3 Å². The smallest absolute Gasteiger partial charge is 0.0783 e. The monoisotopic (exact) mass is 246 g/mol. The highest BCUT2D eigenvalue weighted by atomic mass is 32.2.